The predicted molar refractivity (Wildman–Crippen MR) is 61.7 cm³/mol. The maximum atomic E-state index is 11.0. The summed E-state index contributed by atoms with van der Waals surface area (Å²) in [5, 5.41) is 2.52. The van der Waals surface area contributed by atoms with Gasteiger partial charge in [-0.05, 0) is 6.07 Å². The lowest BCUT2D eigenvalue weighted by atomic mass is 10.2. The first-order valence-corrected chi connectivity index (χ1v) is 5.72. The molecule has 2 heterocycles. The van der Waals surface area contributed by atoms with Crippen molar-refractivity contribution in [1.82, 2.24) is 5.32 Å². The fraction of sp³-hybridized carbons (Fsp3) is 0.333. The molecule has 1 unspecified atom stereocenters. The van der Waals surface area contributed by atoms with Crippen LogP contribution in [0.5, 0.6) is 17.2 Å². The fourth-order valence-corrected chi connectivity index (χ4v) is 1.86. The molecule has 0 radical (unpaired) electrons. The van der Waals surface area contributed by atoms with Crippen molar-refractivity contribution in [3.8, 4) is 17.2 Å². The molecule has 1 saturated heterocycles. The molecule has 19 heavy (non-hydrogen) atoms. The Labute approximate surface area is 108 Å². The van der Waals surface area contributed by atoms with Gasteiger partial charge in [0.25, 0.3) is 0 Å². The van der Waals surface area contributed by atoms with Gasteiger partial charge in [-0.3, -0.25) is 4.79 Å². The van der Waals surface area contributed by atoms with Crippen molar-refractivity contribution in [3.63, 3.8) is 0 Å². The van der Waals surface area contributed by atoms with E-state index in [1.807, 2.05) is 0 Å². The van der Waals surface area contributed by atoms with Crippen molar-refractivity contribution in [1.29, 1.82) is 0 Å². The number of carbonyl (C=O) groups excluding carboxylic acids is 2. The van der Waals surface area contributed by atoms with Gasteiger partial charge >= 0.3 is 6.09 Å². The van der Waals surface area contributed by atoms with Gasteiger partial charge in [0.2, 0.25) is 6.79 Å². The lowest BCUT2D eigenvalue weighted by Gasteiger charge is -2.12. The van der Waals surface area contributed by atoms with Crippen LogP contribution in [0, 0.1) is 0 Å². The summed E-state index contributed by atoms with van der Waals surface area (Å²) in [5.41, 5.74) is 0.363. The fourth-order valence-electron chi connectivity index (χ4n) is 1.86. The van der Waals surface area contributed by atoms with E-state index in [0.717, 1.165) is 0 Å². The number of alkyl carbamates (subject to hydrolysis) is 1. The second kappa shape index (κ2) is 4.68. The molecule has 0 aromatic heterocycles. The summed E-state index contributed by atoms with van der Waals surface area (Å²) in [6.45, 7) is 0.681. The van der Waals surface area contributed by atoms with Gasteiger partial charge in [-0.25, -0.2) is 4.79 Å². The van der Waals surface area contributed by atoms with E-state index in [2.05, 4.69) is 5.32 Å². The molecule has 1 aromatic rings. The number of benzene rings is 1. The first-order valence-electron chi connectivity index (χ1n) is 5.72. The number of rotatable bonds is 4. The van der Waals surface area contributed by atoms with Crippen molar-refractivity contribution in [2.45, 2.75) is 6.10 Å². The van der Waals surface area contributed by atoms with Crippen molar-refractivity contribution < 1.29 is 28.5 Å². The third kappa shape index (κ3) is 2.26. The number of nitrogens with one attached hydrogen (secondary N) is 1. The summed E-state index contributed by atoms with van der Waals surface area (Å²) in [5.74, 6) is 1.42. The van der Waals surface area contributed by atoms with Gasteiger partial charge in [0.15, 0.2) is 23.9 Å². The highest BCUT2D eigenvalue weighted by Crippen LogP contribution is 2.37. The van der Waals surface area contributed by atoms with Crippen LogP contribution in [0.3, 0.4) is 0 Å². The molecule has 2 aliphatic rings. The average molecular weight is 265 g/mol. The van der Waals surface area contributed by atoms with Gasteiger partial charge in [0, 0.05) is 6.07 Å². The molecule has 0 saturated carbocycles. The van der Waals surface area contributed by atoms with Gasteiger partial charge in [-0.15, -0.1) is 0 Å². The zero-order valence-corrected chi connectivity index (χ0v) is 9.88. The van der Waals surface area contributed by atoms with Crippen molar-refractivity contribution in [2.24, 2.45) is 0 Å². The molecular weight excluding hydrogens is 254 g/mol. The van der Waals surface area contributed by atoms with Gasteiger partial charge in [-0.2, -0.15) is 0 Å². The minimum atomic E-state index is -0.463. The van der Waals surface area contributed by atoms with Crippen molar-refractivity contribution >= 4 is 12.4 Å². The monoisotopic (exact) mass is 265 g/mol. The van der Waals surface area contributed by atoms with E-state index in [-0.39, 0.29) is 19.5 Å². The SMILES string of the molecule is O=Cc1cc2c(cc1OCC1CNC(=O)O1)OCO2. The maximum Gasteiger partial charge on any atom is 0.407 e. The molecule has 0 aliphatic carbocycles. The van der Waals surface area contributed by atoms with Crippen molar-refractivity contribution in [3.05, 3.63) is 17.7 Å². The van der Waals surface area contributed by atoms with Gasteiger partial charge in [0.05, 0.1) is 12.1 Å². The summed E-state index contributed by atoms with van der Waals surface area (Å²) in [6.07, 6.45) is -0.150. The summed E-state index contributed by atoms with van der Waals surface area (Å²) in [7, 11) is 0. The van der Waals surface area contributed by atoms with Crippen LogP contribution in [0.25, 0.3) is 0 Å². The Kier molecular flexibility index (Phi) is 2.86. The number of hydrogen-bond acceptors (Lipinski definition) is 6. The zero-order valence-electron chi connectivity index (χ0n) is 9.88. The van der Waals surface area contributed by atoms with E-state index in [1.165, 1.54) is 0 Å². The molecule has 3 rings (SSSR count). The quantitative estimate of drug-likeness (QED) is 0.807. The topological polar surface area (TPSA) is 83.1 Å². The third-order valence-electron chi connectivity index (χ3n) is 2.80. The molecule has 1 aromatic carbocycles. The molecule has 7 heteroatoms. The molecule has 1 N–H and O–H groups in total. The third-order valence-corrected chi connectivity index (χ3v) is 2.80. The first kappa shape index (κ1) is 11.6. The van der Waals surface area contributed by atoms with Crippen molar-refractivity contribution in [2.75, 3.05) is 19.9 Å². The Balaban J connectivity index is 1.73. The molecular formula is C12H11NO6. The highest BCUT2D eigenvalue weighted by atomic mass is 16.7. The Bertz CT molecular complexity index is 529. The van der Waals surface area contributed by atoms with Crippen LogP contribution < -0.4 is 19.5 Å². The largest absolute Gasteiger partial charge is 0.489 e. The Hall–Kier alpha value is -2.44. The molecule has 7 nitrogen and oxygen atoms in total. The van der Waals surface area contributed by atoms with Gasteiger partial charge in [-0.1, -0.05) is 0 Å². The number of hydrogen-bond donors (Lipinski definition) is 1. The molecule has 0 bridgehead atoms. The molecule has 0 spiro atoms. The summed E-state index contributed by atoms with van der Waals surface area (Å²) >= 11 is 0. The first-order chi connectivity index (χ1) is 9.26. The smallest absolute Gasteiger partial charge is 0.407 e. The number of fused-ring (bicyclic) bond motifs is 1. The van der Waals surface area contributed by atoms with E-state index in [1.54, 1.807) is 12.1 Å². The zero-order chi connectivity index (χ0) is 13.2. The summed E-state index contributed by atoms with van der Waals surface area (Å²) in [4.78, 5) is 21.9. The molecule has 1 fully saturated rings. The number of amides is 1. The van der Waals surface area contributed by atoms with Crippen LogP contribution in [0.1, 0.15) is 10.4 Å². The van der Waals surface area contributed by atoms with E-state index in [9.17, 15) is 9.59 Å². The van der Waals surface area contributed by atoms with Crippen LogP contribution in [0.15, 0.2) is 12.1 Å². The highest BCUT2D eigenvalue weighted by molar-refractivity contribution is 5.81. The molecule has 1 atom stereocenters. The van der Waals surface area contributed by atoms with Crippen LogP contribution in [0.4, 0.5) is 4.79 Å². The van der Waals surface area contributed by atoms with E-state index >= 15 is 0 Å². The van der Waals surface area contributed by atoms with Crippen LogP contribution >= 0.6 is 0 Å². The number of cyclic esters (lactones) is 1. The predicted octanol–water partition coefficient (Wildman–Crippen LogP) is 0.715. The van der Waals surface area contributed by atoms with Crippen LogP contribution in [-0.2, 0) is 4.74 Å². The van der Waals surface area contributed by atoms with Gasteiger partial charge < -0.3 is 24.3 Å². The number of carbonyl (C=O) groups is 2. The second-order valence-electron chi connectivity index (χ2n) is 4.08. The van der Waals surface area contributed by atoms with Crippen LogP contribution in [-0.4, -0.2) is 38.4 Å². The van der Waals surface area contributed by atoms with Gasteiger partial charge in [0.1, 0.15) is 12.4 Å². The lowest BCUT2D eigenvalue weighted by molar-refractivity contribution is 0.102. The second-order valence-corrected chi connectivity index (χ2v) is 4.08. The Morgan fingerprint density at radius 3 is 2.84 bits per heavy atom. The Morgan fingerprint density at radius 1 is 1.37 bits per heavy atom. The number of ether oxygens (including phenoxy) is 4. The minimum Gasteiger partial charge on any atom is -0.489 e. The summed E-state index contributed by atoms with van der Waals surface area (Å²) in [6, 6.07) is 3.15. The molecule has 1 amide bonds. The van der Waals surface area contributed by atoms with E-state index in [4.69, 9.17) is 18.9 Å². The molecule has 2 aliphatic heterocycles. The lowest BCUT2D eigenvalue weighted by Crippen LogP contribution is -2.22. The highest BCUT2D eigenvalue weighted by Gasteiger charge is 2.24. The Morgan fingerprint density at radius 2 is 2.16 bits per heavy atom. The summed E-state index contributed by atoms with van der Waals surface area (Å²) < 4.78 is 20.8. The van der Waals surface area contributed by atoms with E-state index in [0.29, 0.717) is 35.6 Å². The van der Waals surface area contributed by atoms with E-state index < -0.39 is 6.09 Å². The number of aldehydes is 1. The maximum absolute atomic E-state index is 11.0. The standard InChI is InChI=1S/C12H11NO6/c14-4-7-1-10-11(18-6-17-10)2-9(7)16-5-8-3-13-12(15)19-8/h1-2,4,8H,3,5-6H2,(H,13,15). The average Bonchev–Trinajstić information content (AvgIpc) is 3.03. The van der Waals surface area contributed by atoms with Crippen LogP contribution in [0.2, 0.25) is 0 Å². The normalized spacial score (nSPS) is 19.8. The minimum absolute atomic E-state index is 0.126. The molecule has 100 valence electrons.